The predicted molar refractivity (Wildman–Crippen MR) is 146 cm³/mol. The molecule has 6 rings (SSSR count). The van der Waals surface area contributed by atoms with E-state index >= 15 is 0 Å². The lowest BCUT2D eigenvalue weighted by molar-refractivity contribution is 0.108. The molecule has 0 unspecified atom stereocenters. The summed E-state index contributed by atoms with van der Waals surface area (Å²) >= 11 is 0. The van der Waals surface area contributed by atoms with E-state index in [9.17, 15) is 0 Å². The van der Waals surface area contributed by atoms with Gasteiger partial charge in [0.2, 0.25) is 11.8 Å². The number of nitrogens with two attached hydrogens (primary N) is 1. The number of furan rings is 1. The van der Waals surface area contributed by atoms with Crippen molar-refractivity contribution in [2.24, 2.45) is 0 Å². The van der Waals surface area contributed by atoms with Crippen molar-refractivity contribution in [1.82, 2.24) is 40.0 Å². The van der Waals surface area contributed by atoms with Gasteiger partial charge in [-0.15, -0.1) is 5.10 Å². The monoisotopic (exact) mass is 521 g/mol. The average Bonchev–Trinajstić information content (AvgIpc) is 3.68. The van der Waals surface area contributed by atoms with Gasteiger partial charge in [0.15, 0.2) is 17.1 Å². The van der Waals surface area contributed by atoms with Crippen LogP contribution in [0, 0.1) is 0 Å². The highest BCUT2D eigenvalue weighted by Crippen LogP contribution is 2.23. The summed E-state index contributed by atoms with van der Waals surface area (Å²) < 4.78 is 18.9. The fraction of sp³-hybridized carbons (Fsp3) is 0.385. The van der Waals surface area contributed by atoms with Crippen LogP contribution in [0.15, 0.2) is 65.1 Å². The van der Waals surface area contributed by atoms with E-state index in [4.69, 9.17) is 19.6 Å². The number of aromatic nitrogens is 6. The van der Waals surface area contributed by atoms with Gasteiger partial charge in [-0.2, -0.15) is 14.6 Å². The first kappa shape index (κ1) is 27.0. The maximum atomic E-state index is 5.95. The molecule has 1 fully saturated rings. The highest BCUT2D eigenvalue weighted by atomic mass is 16.5. The Balaban J connectivity index is 0.000000158. The van der Waals surface area contributed by atoms with Crippen molar-refractivity contribution in [1.29, 1.82) is 0 Å². The zero-order valence-corrected chi connectivity index (χ0v) is 21.8. The maximum Gasteiger partial charge on any atom is 0.225 e. The number of methoxy groups -OCH3 is 1. The third kappa shape index (κ3) is 7.06. The van der Waals surface area contributed by atoms with E-state index < -0.39 is 0 Å². The lowest BCUT2D eigenvalue weighted by Crippen LogP contribution is -2.39. The second kappa shape index (κ2) is 14.1. The van der Waals surface area contributed by atoms with Crippen LogP contribution in [0.25, 0.3) is 28.3 Å². The molecule has 12 heteroatoms. The molecular weight excluding hydrogens is 486 g/mol. The first-order valence-electron chi connectivity index (χ1n) is 12.7. The molecule has 1 saturated heterocycles. The number of aryl methyl sites for hydroxylation is 1. The molecule has 0 radical (unpaired) electrons. The Kier molecular flexibility index (Phi) is 10.0. The molecule has 4 aromatic rings. The summed E-state index contributed by atoms with van der Waals surface area (Å²) in [5.74, 6) is 2.33. The number of ether oxygens (including phenoxy) is 2. The molecule has 0 atom stereocenters. The lowest BCUT2D eigenvalue weighted by atomic mass is 10.3. The van der Waals surface area contributed by atoms with E-state index in [0.29, 0.717) is 42.6 Å². The largest absolute Gasteiger partial charge is 0.495 e. The van der Waals surface area contributed by atoms with Crippen molar-refractivity contribution >= 4 is 22.6 Å². The van der Waals surface area contributed by atoms with Crippen molar-refractivity contribution in [3.63, 3.8) is 0 Å². The Morgan fingerprint density at radius 3 is 2.55 bits per heavy atom. The number of nitrogens with zero attached hydrogens (tertiary/aromatic N) is 6. The smallest absolute Gasteiger partial charge is 0.225 e. The topological polar surface area (TPSA) is 143 Å². The molecule has 4 N–H and O–H groups in total. The summed E-state index contributed by atoms with van der Waals surface area (Å²) in [5, 5.41) is 15.9. The number of rotatable bonds is 6. The first-order valence-corrected chi connectivity index (χ1v) is 12.7. The van der Waals surface area contributed by atoms with Crippen LogP contribution in [0.2, 0.25) is 0 Å². The van der Waals surface area contributed by atoms with Gasteiger partial charge in [-0.25, -0.2) is 9.67 Å². The standard InChI is InChI=1S/C12H11N7O.C10H14O2.C4H10N2/c1-2-18-10-7(6-14-18)11-15-9(8-4-3-5-20-8)17-19(11)12(13)16-10;1-11-8-9-12-10-6-4-2-3-5-7-10;1-2-6-4-3-5-1/h3-6H,2H2,1H3,(H2,13,16);2-6H,7-9H2,1H3;5-6H,1-4H2. The Hall–Kier alpha value is -4.00. The van der Waals surface area contributed by atoms with Crippen LogP contribution in [0.1, 0.15) is 13.3 Å². The molecule has 0 spiro atoms. The first-order chi connectivity index (χ1) is 18.7. The van der Waals surface area contributed by atoms with Gasteiger partial charge in [-0.3, -0.25) is 0 Å². The molecular formula is C26H35N9O3. The van der Waals surface area contributed by atoms with Gasteiger partial charge in [0, 0.05) is 46.3 Å². The Bertz CT molecular complexity index is 1350. The molecule has 1 aliphatic heterocycles. The predicted octanol–water partition coefficient (Wildman–Crippen LogP) is 2.56. The van der Waals surface area contributed by atoms with Crippen LogP contribution in [0.5, 0.6) is 0 Å². The van der Waals surface area contributed by atoms with Crippen LogP contribution in [-0.2, 0) is 16.0 Å². The molecule has 0 amide bonds. The molecule has 38 heavy (non-hydrogen) atoms. The van der Waals surface area contributed by atoms with Crippen LogP contribution < -0.4 is 16.4 Å². The van der Waals surface area contributed by atoms with E-state index in [-0.39, 0.29) is 5.95 Å². The number of piperazine rings is 1. The SMILES string of the molecule is C1CNCCN1.CCn1ncc2c1nc(N)n1nc(-c3ccco3)nc21.COCCOC1=CC=CC=CC1. The van der Waals surface area contributed by atoms with E-state index in [1.54, 1.807) is 36.4 Å². The molecule has 5 heterocycles. The number of hydrogen-bond donors (Lipinski definition) is 3. The number of nitrogens with one attached hydrogen (secondary N) is 2. The molecule has 0 saturated carbocycles. The molecule has 0 aromatic carbocycles. The summed E-state index contributed by atoms with van der Waals surface area (Å²) in [6, 6.07) is 3.58. The van der Waals surface area contributed by atoms with Gasteiger partial charge in [0.1, 0.15) is 6.61 Å². The third-order valence-electron chi connectivity index (χ3n) is 5.63. The molecule has 4 aromatic heterocycles. The van der Waals surface area contributed by atoms with Crippen molar-refractivity contribution < 1.29 is 13.9 Å². The molecule has 0 bridgehead atoms. The van der Waals surface area contributed by atoms with Crippen molar-refractivity contribution in [2.75, 3.05) is 52.2 Å². The number of anilines is 1. The lowest BCUT2D eigenvalue weighted by Gasteiger charge is -2.11. The van der Waals surface area contributed by atoms with Crippen LogP contribution in [-0.4, -0.2) is 75.9 Å². The van der Waals surface area contributed by atoms with Gasteiger partial charge in [0.25, 0.3) is 0 Å². The van der Waals surface area contributed by atoms with Crippen molar-refractivity contribution in [2.45, 2.75) is 19.9 Å². The van der Waals surface area contributed by atoms with E-state index in [1.807, 2.05) is 31.2 Å². The minimum Gasteiger partial charge on any atom is -0.495 e. The van der Waals surface area contributed by atoms with E-state index in [2.05, 4.69) is 36.9 Å². The Labute approximate surface area is 221 Å². The summed E-state index contributed by atoms with van der Waals surface area (Å²) in [7, 11) is 1.67. The van der Waals surface area contributed by atoms with Gasteiger partial charge >= 0.3 is 0 Å². The average molecular weight is 522 g/mol. The minimum atomic E-state index is 0.271. The van der Waals surface area contributed by atoms with Crippen LogP contribution in [0.3, 0.4) is 0 Å². The highest BCUT2D eigenvalue weighted by molar-refractivity contribution is 5.90. The number of fused-ring (bicyclic) bond motifs is 3. The van der Waals surface area contributed by atoms with Crippen molar-refractivity contribution in [3.8, 4) is 11.6 Å². The molecule has 2 aliphatic rings. The fourth-order valence-corrected chi connectivity index (χ4v) is 3.72. The quantitative estimate of drug-likeness (QED) is 0.324. The number of nitrogen functional groups attached to an aromatic ring is 1. The van der Waals surface area contributed by atoms with E-state index in [0.717, 1.165) is 43.7 Å². The second-order valence-electron chi connectivity index (χ2n) is 8.31. The van der Waals surface area contributed by atoms with Gasteiger partial charge in [-0.1, -0.05) is 24.3 Å². The minimum absolute atomic E-state index is 0.271. The normalized spacial score (nSPS) is 14.8. The third-order valence-corrected chi connectivity index (χ3v) is 5.63. The van der Waals surface area contributed by atoms with Crippen LogP contribution in [0.4, 0.5) is 5.95 Å². The molecule has 1 aliphatic carbocycles. The highest BCUT2D eigenvalue weighted by Gasteiger charge is 2.16. The van der Waals surface area contributed by atoms with Crippen molar-refractivity contribution in [3.05, 3.63) is 60.7 Å². The van der Waals surface area contributed by atoms with Gasteiger partial charge in [-0.05, 0) is 25.1 Å². The van der Waals surface area contributed by atoms with Gasteiger partial charge < -0.3 is 30.3 Å². The Morgan fingerprint density at radius 2 is 1.87 bits per heavy atom. The summed E-state index contributed by atoms with van der Waals surface area (Å²) in [5.41, 5.74) is 7.28. The van der Waals surface area contributed by atoms with Gasteiger partial charge in [0.05, 0.1) is 30.2 Å². The summed E-state index contributed by atoms with van der Waals surface area (Å²) in [4.78, 5) is 8.81. The number of allylic oxidation sites excluding steroid dienone is 5. The summed E-state index contributed by atoms with van der Waals surface area (Å²) in [6.45, 7) is 8.53. The zero-order valence-electron chi connectivity index (χ0n) is 21.8. The van der Waals surface area contributed by atoms with E-state index in [1.165, 1.54) is 4.52 Å². The van der Waals surface area contributed by atoms with Crippen LogP contribution >= 0.6 is 0 Å². The zero-order chi connectivity index (χ0) is 26.6. The summed E-state index contributed by atoms with van der Waals surface area (Å²) in [6.07, 6.45) is 14.2. The maximum absolute atomic E-state index is 5.95. The Morgan fingerprint density at radius 1 is 1.05 bits per heavy atom. The second-order valence-corrected chi connectivity index (χ2v) is 8.31. The molecule has 12 nitrogen and oxygen atoms in total. The molecule has 202 valence electrons. The number of hydrogen-bond acceptors (Lipinski definition) is 10. The fourth-order valence-electron chi connectivity index (χ4n) is 3.72.